The molecule has 1 heterocycles. The molecule has 16 heavy (non-hydrogen) atoms. The average molecular weight is 226 g/mol. The molecule has 3 unspecified atom stereocenters. The van der Waals surface area contributed by atoms with Gasteiger partial charge in [0.15, 0.2) is 0 Å². The van der Waals surface area contributed by atoms with Gasteiger partial charge in [-0.05, 0) is 50.6 Å². The quantitative estimate of drug-likeness (QED) is 0.784. The molecule has 0 saturated carbocycles. The summed E-state index contributed by atoms with van der Waals surface area (Å²) < 4.78 is 0. The normalized spacial score (nSPS) is 28.5. The van der Waals surface area contributed by atoms with Crippen LogP contribution in [0, 0.1) is 11.3 Å². The third kappa shape index (κ3) is 3.74. The molecule has 0 bridgehead atoms. The average Bonchev–Trinajstić information content (AvgIpc) is 2.28. The summed E-state index contributed by atoms with van der Waals surface area (Å²) in [5.74, 6) is 0.888. The van der Waals surface area contributed by atoms with Crippen molar-refractivity contribution in [2.45, 2.75) is 66.0 Å². The number of nitrogens with two attached hydrogens (primary N) is 1. The van der Waals surface area contributed by atoms with Crippen molar-refractivity contribution in [3.8, 4) is 0 Å². The summed E-state index contributed by atoms with van der Waals surface area (Å²) in [5.41, 5.74) is 6.48. The van der Waals surface area contributed by atoms with E-state index in [2.05, 4.69) is 39.5 Å². The van der Waals surface area contributed by atoms with Gasteiger partial charge in [-0.2, -0.15) is 0 Å². The Labute approximate surface area is 102 Å². The number of nitrogens with zero attached hydrogens (tertiary/aromatic N) is 1. The Bertz CT molecular complexity index is 205. The molecule has 96 valence electrons. The van der Waals surface area contributed by atoms with Crippen LogP contribution >= 0.6 is 0 Å². The SMILES string of the molecule is CC1CCCN(C(C(C)N)C(C)(C)C)CC1. The monoisotopic (exact) mass is 226 g/mol. The van der Waals surface area contributed by atoms with E-state index in [4.69, 9.17) is 5.73 Å². The Morgan fingerprint density at radius 1 is 1.19 bits per heavy atom. The molecule has 0 radical (unpaired) electrons. The zero-order valence-electron chi connectivity index (χ0n) is 11.8. The fourth-order valence-electron chi connectivity index (χ4n) is 3.23. The molecule has 0 aromatic rings. The van der Waals surface area contributed by atoms with E-state index >= 15 is 0 Å². The summed E-state index contributed by atoms with van der Waals surface area (Å²) in [4.78, 5) is 2.63. The summed E-state index contributed by atoms with van der Waals surface area (Å²) in [7, 11) is 0. The van der Waals surface area contributed by atoms with Crippen molar-refractivity contribution in [1.82, 2.24) is 4.90 Å². The van der Waals surface area contributed by atoms with Crippen LogP contribution in [-0.2, 0) is 0 Å². The highest BCUT2D eigenvalue weighted by Crippen LogP contribution is 2.29. The minimum absolute atomic E-state index is 0.258. The second-order valence-corrected chi connectivity index (χ2v) is 6.74. The standard InChI is InChI=1S/C14H30N2/c1-11-7-6-9-16(10-8-11)13(12(2)15)14(3,4)5/h11-13H,6-10,15H2,1-5H3. The molecule has 1 aliphatic heterocycles. The minimum Gasteiger partial charge on any atom is -0.327 e. The second kappa shape index (κ2) is 5.50. The van der Waals surface area contributed by atoms with Crippen LogP contribution in [0.5, 0.6) is 0 Å². The first-order valence-corrected chi connectivity index (χ1v) is 6.82. The molecule has 1 rings (SSSR count). The van der Waals surface area contributed by atoms with Crippen LogP contribution in [0.4, 0.5) is 0 Å². The second-order valence-electron chi connectivity index (χ2n) is 6.74. The van der Waals surface area contributed by atoms with Crippen molar-refractivity contribution in [3.63, 3.8) is 0 Å². The van der Waals surface area contributed by atoms with Gasteiger partial charge in [-0.3, -0.25) is 4.90 Å². The molecule has 0 aromatic heterocycles. The third-order valence-corrected chi connectivity index (χ3v) is 3.83. The fraction of sp³-hybridized carbons (Fsp3) is 1.00. The lowest BCUT2D eigenvalue weighted by atomic mass is 9.81. The first-order valence-electron chi connectivity index (χ1n) is 6.82. The lowest BCUT2D eigenvalue weighted by Crippen LogP contribution is -2.53. The summed E-state index contributed by atoms with van der Waals surface area (Å²) in [5, 5.41) is 0. The van der Waals surface area contributed by atoms with E-state index in [1.54, 1.807) is 0 Å². The molecule has 0 amide bonds. The highest BCUT2D eigenvalue weighted by molar-refractivity contribution is 4.90. The minimum atomic E-state index is 0.258. The van der Waals surface area contributed by atoms with Crippen molar-refractivity contribution >= 4 is 0 Å². The highest BCUT2D eigenvalue weighted by Gasteiger charge is 2.33. The van der Waals surface area contributed by atoms with E-state index in [0.29, 0.717) is 6.04 Å². The Morgan fingerprint density at radius 2 is 1.81 bits per heavy atom. The van der Waals surface area contributed by atoms with Gasteiger partial charge in [0, 0.05) is 12.1 Å². The molecule has 0 aliphatic carbocycles. The molecular weight excluding hydrogens is 196 g/mol. The molecule has 0 aromatic carbocycles. The molecule has 2 nitrogen and oxygen atoms in total. The maximum absolute atomic E-state index is 6.20. The molecule has 1 saturated heterocycles. The van der Waals surface area contributed by atoms with Crippen LogP contribution in [0.3, 0.4) is 0 Å². The molecular formula is C14H30N2. The maximum Gasteiger partial charge on any atom is 0.0292 e. The Hall–Kier alpha value is -0.0800. The van der Waals surface area contributed by atoms with E-state index < -0.39 is 0 Å². The van der Waals surface area contributed by atoms with Crippen molar-refractivity contribution in [3.05, 3.63) is 0 Å². The fourth-order valence-corrected chi connectivity index (χ4v) is 3.23. The van der Waals surface area contributed by atoms with E-state index in [0.717, 1.165) is 5.92 Å². The van der Waals surface area contributed by atoms with Crippen LogP contribution in [0.2, 0.25) is 0 Å². The zero-order valence-corrected chi connectivity index (χ0v) is 11.8. The van der Waals surface area contributed by atoms with Gasteiger partial charge in [0.2, 0.25) is 0 Å². The molecule has 2 N–H and O–H groups in total. The number of rotatable bonds is 2. The van der Waals surface area contributed by atoms with Crippen molar-refractivity contribution in [1.29, 1.82) is 0 Å². The van der Waals surface area contributed by atoms with Gasteiger partial charge >= 0.3 is 0 Å². The molecule has 2 heteroatoms. The molecule has 1 fully saturated rings. The van der Waals surface area contributed by atoms with Gasteiger partial charge in [0.1, 0.15) is 0 Å². The van der Waals surface area contributed by atoms with Crippen LogP contribution < -0.4 is 5.73 Å². The number of hydrogen-bond donors (Lipinski definition) is 1. The third-order valence-electron chi connectivity index (χ3n) is 3.83. The summed E-state index contributed by atoms with van der Waals surface area (Å²) in [6.07, 6.45) is 4.05. The van der Waals surface area contributed by atoms with Gasteiger partial charge in [0.25, 0.3) is 0 Å². The predicted molar refractivity (Wildman–Crippen MR) is 71.5 cm³/mol. The highest BCUT2D eigenvalue weighted by atomic mass is 15.2. The first kappa shape index (κ1) is 14.0. The van der Waals surface area contributed by atoms with E-state index in [1.807, 2.05) is 0 Å². The molecule has 3 atom stereocenters. The molecule has 1 aliphatic rings. The Morgan fingerprint density at radius 3 is 2.31 bits per heavy atom. The smallest absolute Gasteiger partial charge is 0.0292 e. The van der Waals surface area contributed by atoms with Crippen LogP contribution in [0.15, 0.2) is 0 Å². The van der Waals surface area contributed by atoms with Gasteiger partial charge in [-0.1, -0.05) is 27.7 Å². The maximum atomic E-state index is 6.20. The van der Waals surface area contributed by atoms with Gasteiger partial charge < -0.3 is 5.73 Å². The van der Waals surface area contributed by atoms with Crippen molar-refractivity contribution in [2.75, 3.05) is 13.1 Å². The lowest BCUT2D eigenvalue weighted by Gasteiger charge is -2.42. The van der Waals surface area contributed by atoms with Crippen LogP contribution in [0.1, 0.15) is 53.9 Å². The Kier molecular flexibility index (Phi) is 4.81. The van der Waals surface area contributed by atoms with Gasteiger partial charge in [0.05, 0.1) is 0 Å². The van der Waals surface area contributed by atoms with Crippen LogP contribution in [-0.4, -0.2) is 30.1 Å². The predicted octanol–water partition coefficient (Wildman–Crippen LogP) is 2.87. The van der Waals surface area contributed by atoms with Gasteiger partial charge in [-0.15, -0.1) is 0 Å². The van der Waals surface area contributed by atoms with E-state index in [-0.39, 0.29) is 11.5 Å². The van der Waals surface area contributed by atoms with Crippen molar-refractivity contribution in [2.24, 2.45) is 17.1 Å². The number of likely N-dealkylation sites (tertiary alicyclic amines) is 1. The topological polar surface area (TPSA) is 29.3 Å². The van der Waals surface area contributed by atoms with E-state index in [9.17, 15) is 0 Å². The molecule has 0 spiro atoms. The summed E-state index contributed by atoms with van der Waals surface area (Å²) >= 11 is 0. The number of hydrogen-bond acceptors (Lipinski definition) is 2. The first-order chi connectivity index (χ1) is 7.32. The largest absolute Gasteiger partial charge is 0.327 e. The summed E-state index contributed by atoms with van der Waals surface area (Å²) in [6.45, 7) is 13.9. The van der Waals surface area contributed by atoms with Gasteiger partial charge in [-0.25, -0.2) is 0 Å². The lowest BCUT2D eigenvalue weighted by molar-refractivity contribution is 0.0843. The zero-order chi connectivity index (χ0) is 12.3. The van der Waals surface area contributed by atoms with E-state index in [1.165, 1.54) is 32.4 Å². The van der Waals surface area contributed by atoms with Crippen molar-refractivity contribution < 1.29 is 0 Å². The van der Waals surface area contributed by atoms with Crippen LogP contribution in [0.25, 0.3) is 0 Å². The Balaban J connectivity index is 2.71. The summed E-state index contributed by atoms with van der Waals surface area (Å²) in [6, 6.07) is 0.770.